The van der Waals surface area contributed by atoms with Crippen molar-refractivity contribution in [2.75, 3.05) is 0 Å². The van der Waals surface area contributed by atoms with Gasteiger partial charge in [-0.15, -0.1) is 0 Å². The highest BCUT2D eigenvalue weighted by molar-refractivity contribution is 5.98. The molecule has 1 aromatic heterocycles. The van der Waals surface area contributed by atoms with Crippen LogP contribution in [-0.4, -0.2) is 15.6 Å². The summed E-state index contributed by atoms with van der Waals surface area (Å²) >= 11 is 0. The van der Waals surface area contributed by atoms with E-state index in [4.69, 9.17) is 0 Å². The zero-order valence-corrected chi connectivity index (χ0v) is 11.3. The second-order valence-corrected chi connectivity index (χ2v) is 4.82. The Morgan fingerprint density at radius 3 is 2.50 bits per heavy atom. The number of rotatable bonds is 3. The van der Waals surface area contributed by atoms with Crippen LogP contribution in [-0.2, 0) is 13.5 Å². The Morgan fingerprint density at radius 2 is 1.94 bits per heavy atom. The second kappa shape index (κ2) is 4.77. The van der Waals surface area contributed by atoms with Crippen LogP contribution in [0.25, 0.3) is 0 Å². The van der Waals surface area contributed by atoms with Crippen molar-refractivity contribution in [1.29, 1.82) is 0 Å². The molecule has 0 N–H and O–H groups in total. The van der Waals surface area contributed by atoms with E-state index < -0.39 is 0 Å². The van der Waals surface area contributed by atoms with Crippen LogP contribution >= 0.6 is 0 Å². The molecule has 0 unspecified atom stereocenters. The van der Waals surface area contributed by atoms with Gasteiger partial charge in [0.25, 0.3) is 0 Å². The average molecular weight is 242 g/mol. The Morgan fingerprint density at radius 1 is 1.22 bits per heavy atom. The zero-order valence-electron chi connectivity index (χ0n) is 11.3. The molecule has 1 heterocycles. The number of aromatic nitrogens is 2. The van der Waals surface area contributed by atoms with Gasteiger partial charge in [-0.3, -0.25) is 9.48 Å². The quantitative estimate of drug-likeness (QED) is 0.776. The minimum atomic E-state index is 0.149. The fraction of sp³-hybridized carbons (Fsp3) is 0.333. The van der Waals surface area contributed by atoms with Crippen LogP contribution in [0.2, 0.25) is 0 Å². The number of Topliss-reactive ketones (excluding diaryl/α,β-unsaturated/α-hetero) is 1. The van der Waals surface area contributed by atoms with Gasteiger partial charge in [0, 0.05) is 18.3 Å². The maximum absolute atomic E-state index is 12.3. The maximum atomic E-state index is 12.3. The summed E-state index contributed by atoms with van der Waals surface area (Å²) in [5.41, 5.74) is 4.93. The van der Waals surface area contributed by atoms with Crippen LogP contribution in [0.15, 0.2) is 24.3 Å². The second-order valence-electron chi connectivity index (χ2n) is 4.82. The van der Waals surface area contributed by atoms with Gasteiger partial charge in [-0.25, -0.2) is 0 Å². The van der Waals surface area contributed by atoms with Crippen molar-refractivity contribution in [3.8, 4) is 0 Å². The first-order valence-corrected chi connectivity index (χ1v) is 6.07. The minimum absolute atomic E-state index is 0.149. The van der Waals surface area contributed by atoms with Gasteiger partial charge in [0.2, 0.25) is 0 Å². The summed E-state index contributed by atoms with van der Waals surface area (Å²) in [4.78, 5) is 12.3. The van der Waals surface area contributed by atoms with Gasteiger partial charge in [-0.05, 0) is 32.4 Å². The molecule has 0 saturated carbocycles. The number of hydrogen-bond acceptors (Lipinski definition) is 2. The third-order valence-corrected chi connectivity index (χ3v) is 3.12. The van der Waals surface area contributed by atoms with E-state index in [9.17, 15) is 4.79 Å². The largest absolute Gasteiger partial charge is 0.294 e. The van der Waals surface area contributed by atoms with Gasteiger partial charge in [-0.1, -0.05) is 23.8 Å². The Hall–Kier alpha value is -1.90. The van der Waals surface area contributed by atoms with Crippen molar-refractivity contribution in [2.45, 2.75) is 27.2 Å². The van der Waals surface area contributed by atoms with Crippen molar-refractivity contribution in [1.82, 2.24) is 9.78 Å². The van der Waals surface area contributed by atoms with Crippen LogP contribution in [0.5, 0.6) is 0 Å². The van der Waals surface area contributed by atoms with Gasteiger partial charge in [0.1, 0.15) is 0 Å². The van der Waals surface area contributed by atoms with Crippen molar-refractivity contribution >= 4 is 5.78 Å². The van der Waals surface area contributed by atoms with Crippen LogP contribution in [0.3, 0.4) is 0 Å². The Balaban J connectivity index is 2.24. The van der Waals surface area contributed by atoms with E-state index in [1.165, 1.54) is 5.56 Å². The molecule has 2 rings (SSSR count). The van der Waals surface area contributed by atoms with E-state index in [-0.39, 0.29) is 5.78 Å². The van der Waals surface area contributed by atoms with E-state index in [2.05, 4.69) is 5.10 Å². The minimum Gasteiger partial charge on any atom is -0.294 e. The van der Waals surface area contributed by atoms with E-state index in [1.54, 1.807) is 4.68 Å². The smallest absolute Gasteiger partial charge is 0.169 e. The van der Waals surface area contributed by atoms with E-state index in [1.807, 2.05) is 52.1 Å². The Kier molecular flexibility index (Phi) is 3.32. The van der Waals surface area contributed by atoms with Gasteiger partial charge >= 0.3 is 0 Å². The van der Waals surface area contributed by atoms with Crippen molar-refractivity contribution in [3.63, 3.8) is 0 Å². The molecule has 0 saturated heterocycles. The molecule has 0 spiro atoms. The summed E-state index contributed by atoms with van der Waals surface area (Å²) in [7, 11) is 1.87. The molecular formula is C15H18N2O. The molecule has 18 heavy (non-hydrogen) atoms. The van der Waals surface area contributed by atoms with Crippen molar-refractivity contribution in [2.24, 2.45) is 7.05 Å². The highest BCUT2D eigenvalue weighted by Gasteiger charge is 2.12. The lowest BCUT2D eigenvalue weighted by Gasteiger charge is -2.06. The highest BCUT2D eigenvalue weighted by Crippen LogP contribution is 2.14. The standard InChI is InChI=1S/C15H18N2O/c1-10-5-6-14(11(2)7-10)15(18)9-13-8-12(3)16-17(13)4/h5-8H,9H2,1-4H3. The molecular weight excluding hydrogens is 224 g/mol. The fourth-order valence-corrected chi connectivity index (χ4v) is 2.22. The molecule has 3 heteroatoms. The molecule has 0 aliphatic heterocycles. The van der Waals surface area contributed by atoms with Gasteiger partial charge < -0.3 is 0 Å². The zero-order chi connectivity index (χ0) is 13.3. The predicted molar refractivity (Wildman–Crippen MR) is 71.9 cm³/mol. The van der Waals surface area contributed by atoms with Gasteiger partial charge in [-0.2, -0.15) is 5.10 Å². The summed E-state index contributed by atoms with van der Waals surface area (Å²) < 4.78 is 1.77. The van der Waals surface area contributed by atoms with E-state index >= 15 is 0 Å². The van der Waals surface area contributed by atoms with Crippen LogP contribution in [0.1, 0.15) is 32.9 Å². The molecule has 2 aromatic rings. The van der Waals surface area contributed by atoms with Crippen LogP contribution in [0, 0.1) is 20.8 Å². The topological polar surface area (TPSA) is 34.9 Å². The lowest BCUT2D eigenvalue weighted by Crippen LogP contribution is -2.09. The molecule has 0 radical (unpaired) electrons. The molecule has 3 nitrogen and oxygen atoms in total. The van der Waals surface area contributed by atoms with Gasteiger partial charge in [0.05, 0.1) is 12.1 Å². The van der Waals surface area contributed by atoms with E-state index in [0.29, 0.717) is 6.42 Å². The SMILES string of the molecule is Cc1ccc(C(=O)Cc2cc(C)nn2C)c(C)c1. The van der Waals surface area contributed by atoms with E-state index in [0.717, 1.165) is 22.5 Å². The molecule has 0 aliphatic rings. The average Bonchev–Trinajstić information content (AvgIpc) is 2.57. The summed E-state index contributed by atoms with van der Waals surface area (Å²) in [6.07, 6.45) is 0.404. The Bertz CT molecular complexity index is 597. The summed E-state index contributed by atoms with van der Waals surface area (Å²) in [5, 5.41) is 4.26. The normalized spacial score (nSPS) is 10.7. The number of benzene rings is 1. The first-order chi connectivity index (χ1) is 8.47. The molecule has 0 fully saturated rings. The summed E-state index contributed by atoms with van der Waals surface area (Å²) in [6.45, 7) is 5.95. The fourth-order valence-electron chi connectivity index (χ4n) is 2.22. The van der Waals surface area contributed by atoms with Crippen LogP contribution < -0.4 is 0 Å². The van der Waals surface area contributed by atoms with Crippen LogP contribution in [0.4, 0.5) is 0 Å². The highest BCUT2D eigenvalue weighted by atomic mass is 16.1. The summed E-state index contributed by atoms with van der Waals surface area (Å²) in [6, 6.07) is 7.90. The third-order valence-electron chi connectivity index (χ3n) is 3.12. The first kappa shape index (κ1) is 12.6. The Labute approximate surface area is 107 Å². The lowest BCUT2D eigenvalue weighted by atomic mass is 9.99. The monoisotopic (exact) mass is 242 g/mol. The predicted octanol–water partition coefficient (Wildman–Crippen LogP) is 2.77. The molecule has 0 atom stereocenters. The molecule has 1 aromatic carbocycles. The molecule has 94 valence electrons. The summed E-state index contributed by atoms with van der Waals surface area (Å²) in [5.74, 6) is 0.149. The number of carbonyl (C=O) groups excluding carboxylic acids is 1. The maximum Gasteiger partial charge on any atom is 0.169 e. The molecule has 0 bridgehead atoms. The van der Waals surface area contributed by atoms with Gasteiger partial charge in [0.15, 0.2) is 5.78 Å². The number of aryl methyl sites for hydroxylation is 4. The van der Waals surface area contributed by atoms with Crippen molar-refractivity contribution in [3.05, 3.63) is 52.3 Å². The number of nitrogens with zero attached hydrogens (tertiary/aromatic N) is 2. The number of hydrogen-bond donors (Lipinski definition) is 0. The number of carbonyl (C=O) groups is 1. The first-order valence-electron chi connectivity index (χ1n) is 6.07. The molecule has 0 aliphatic carbocycles. The lowest BCUT2D eigenvalue weighted by molar-refractivity contribution is 0.0990. The van der Waals surface area contributed by atoms with Crippen molar-refractivity contribution < 1.29 is 4.79 Å². The third kappa shape index (κ3) is 2.50. The molecule has 0 amide bonds. The number of ketones is 1.